The molecule has 4 aliphatic carbocycles. The number of hydrogen-bond acceptors (Lipinski definition) is 2. The normalized spacial score (nSPS) is 17.9. The lowest BCUT2D eigenvalue weighted by Gasteiger charge is -2.33. The summed E-state index contributed by atoms with van der Waals surface area (Å²) >= 11 is 0. The van der Waals surface area contributed by atoms with Crippen LogP contribution in [0.1, 0.15) is 97.6 Å². The van der Waals surface area contributed by atoms with Gasteiger partial charge in [-0.15, -0.1) is 0 Å². The number of para-hydroxylation sites is 2. The van der Waals surface area contributed by atoms with Crippen LogP contribution >= 0.6 is 0 Å². The third kappa shape index (κ3) is 5.46. The second-order valence-corrected chi connectivity index (χ2v) is 21.2. The van der Waals surface area contributed by atoms with Gasteiger partial charge in [0.25, 0.3) is 0 Å². The van der Waals surface area contributed by atoms with Gasteiger partial charge in [0.15, 0.2) is 0 Å². The predicted molar refractivity (Wildman–Crippen MR) is 285 cm³/mol. The Kier molecular flexibility index (Phi) is 8.52. The van der Waals surface area contributed by atoms with E-state index in [1.807, 2.05) is 0 Å². The molecule has 2 fully saturated rings. The Morgan fingerprint density at radius 3 is 1.21 bits per heavy atom. The van der Waals surface area contributed by atoms with E-state index in [9.17, 15) is 0 Å². The van der Waals surface area contributed by atoms with Crippen LogP contribution < -0.4 is 9.80 Å². The van der Waals surface area contributed by atoms with Crippen LogP contribution in [0.2, 0.25) is 0 Å². The number of anilines is 4. The predicted octanol–water partition coefficient (Wildman–Crippen LogP) is 17.2. The van der Waals surface area contributed by atoms with E-state index < -0.39 is 0 Å². The zero-order valence-electron chi connectivity index (χ0n) is 39.0. The van der Waals surface area contributed by atoms with Crippen LogP contribution in [0.25, 0.3) is 66.1 Å². The number of fused-ring (bicyclic) bond motifs is 14. The Hall–Kier alpha value is -6.90. The average Bonchev–Trinajstić information content (AvgIpc) is 4.21. The molecule has 2 aliphatic heterocycles. The Labute approximate surface area is 400 Å². The average molecular weight is 877 g/mol. The first-order chi connectivity index (χ1) is 33.7. The van der Waals surface area contributed by atoms with Crippen LogP contribution in [-0.4, -0.2) is 13.1 Å². The van der Waals surface area contributed by atoms with Gasteiger partial charge < -0.3 is 9.80 Å². The van der Waals surface area contributed by atoms with Crippen molar-refractivity contribution in [2.24, 2.45) is 0 Å². The lowest BCUT2D eigenvalue weighted by molar-refractivity contribution is 0.550. The summed E-state index contributed by atoms with van der Waals surface area (Å²) in [7, 11) is 0. The largest absolute Gasteiger partial charge is 0.341 e. The maximum absolute atomic E-state index is 2.66. The van der Waals surface area contributed by atoms with E-state index >= 15 is 0 Å². The Morgan fingerprint density at radius 2 is 0.735 bits per heavy atom. The van der Waals surface area contributed by atoms with E-state index in [-0.39, 0.29) is 10.8 Å². The van der Waals surface area contributed by atoms with E-state index in [4.69, 9.17) is 0 Å². The van der Waals surface area contributed by atoms with Crippen molar-refractivity contribution in [1.82, 2.24) is 0 Å². The molecule has 6 aliphatic rings. The van der Waals surface area contributed by atoms with Crippen LogP contribution in [0, 0.1) is 0 Å². The maximum Gasteiger partial charge on any atom is 0.0443 e. The van der Waals surface area contributed by atoms with Crippen molar-refractivity contribution in [3.05, 3.63) is 203 Å². The van der Waals surface area contributed by atoms with Gasteiger partial charge in [0.2, 0.25) is 0 Å². The highest BCUT2D eigenvalue weighted by molar-refractivity contribution is 6.23. The summed E-state index contributed by atoms with van der Waals surface area (Å²) in [6.07, 6.45) is 14.6. The lowest BCUT2D eigenvalue weighted by atomic mass is 9.75. The van der Waals surface area contributed by atoms with Gasteiger partial charge in [0.1, 0.15) is 0 Å². The molecule has 9 aromatic carbocycles. The topological polar surface area (TPSA) is 6.48 Å². The third-order valence-electron chi connectivity index (χ3n) is 18.0. The molecule has 0 atom stereocenters. The van der Waals surface area contributed by atoms with Crippen molar-refractivity contribution in [1.29, 1.82) is 0 Å². The minimum absolute atomic E-state index is 0.0865. The van der Waals surface area contributed by atoms with Crippen molar-refractivity contribution in [3.8, 4) is 44.5 Å². The molecule has 68 heavy (non-hydrogen) atoms. The smallest absolute Gasteiger partial charge is 0.0443 e. The Balaban J connectivity index is 1.03. The van der Waals surface area contributed by atoms with Crippen LogP contribution in [0.5, 0.6) is 0 Å². The minimum Gasteiger partial charge on any atom is -0.341 e. The molecular weight excluding hydrogens is 821 g/mol. The van der Waals surface area contributed by atoms with Gasteiger partial charge in [0.05, 0.1) is 0 Å². The highest BCUT2D eigenvalue weighted by Crippen LogP contribution is 2.60. The SMILES string of the molecule is c1ccc2c(c1)CCCN2c1ccc2c(-c3ccc4c(c3)C3(CCCC3)c3ccccc3-4)c3cc(N4CCCc5ccccc54)ccc3c(-c3ccc4c(c3)C3(CCCC3)c3ccccc3-4)c2c1. The van der Waals surface area contributed by atoms with Crippen molar-refractivity contribution in [3.63, 3.8) is 0 Å². The molecule has 0 amide bonds. The zero-order valence-corrected chi connectivity index (χ0v) is 39.0. The maximum atomic E-state index is 2.66. The zero-order chi connectivity index (χ0) is 44.6. The number of nitrogens with zero attached hydrogens (tertiary/aromatic N) is 2. The van der Waals surface area contributed by atoms with Crippen LogP contribution in [-0.2, 0) is 23.7 Å². The fraction of sp³-hybridized carbons (Fsp3) is 0.242. The number of aryl methyl sites for hydroxylation is 2. The molecule has 0 bridgehead atoms. The molecular formula is C66H56N2. The second-order valence-electron chi connectivity index (χ2n) is 21.2. The fourth-order valence-corrected chi connectivity index (χ4v) is 15.0. The molecule has 2 heteroatoms. The molecule has 2 saturated carbocycles. The van der Waals surface area contributed by atoms with Gasteiger partial charge >= 0.3 is 0 Å². The summed E-state index contributed by atoms with van der Waals surface area (Å²) in [5, 5.41) is 5.37. The standard InChI is InChI=1S/C66H56N2/c1-7-23-61-43(15-1)17-13-37-67(61)47-27-31-53-55(41-47)63(45-25-29-51-49-19-3-5-21-57(49)65(59(51)39-45)33-9-10-34-65)54-32-28-48(68-38-14-18-44-16-2-8-24-62(44)68)42-56(54)64(53)46-26-30-52-50-20-4-6-22-58(50)66(60(52)40-46)35-11-12-36-66/h1-8,15-16,19-32,39-42H,9-14,17-18,33-38H2. The molecule has 2 spiro atoms. The van der Waals surface area contributed by atoms with E-state index in [1.54, 1.807) is 22.3 Å². The van der Waals surface area contributed by atoms with Crippen LogP contribution in [0.15, 0.2) is 170 Å². The monoisotopic (exact) mass is 876 g/mol. The Morgan fingerprint density at radius 1 is 0.324 bits per heavy atom. The van der Waals surface area contributed by atoms with Gasteiger partial charge in [-0.05, 0) is 199 Å². The van der Waals surface area contributed by atoms with Gasteiger partial charge in [-0.3, -0.25) is 0 Å². The van der Waals surface area contributed by atoms with Crippen LogP contribution in [0.4, 0.5) is 22.7 Å². The van der Waals surface area contributed by atoms with E-state index in [0.29, 0.717) is 0 Å². The summed E-state index contributed by atoms with van der Waals surface area (Å²) in [5.41, 5.74) is 25.7. The summed E-state index contributed by atoms with van der Waals surface area (Å²) in [4.78, 5) is 5.21. The molecule has 0 aromatic heterocycles. The molecule has 2 nitrogen and oxygen atoms in total. The molecule has 0 N–H and O–H groups in total. The summed E-state index contributed by atoms with van der Waals surface area (Å²) in [6.45, 7) is 2.04. The fourth-order valence-electron chi connectivity index (χ4n) is 15.0. The summed E-state index contributed by atoms with van der Waals surface area (Å²) < 4.78 is 0. The number of benzene rings is 9. The van der Waals surface area contributed by atoms with E-state index in [2.05, 4.69) is 180 Å². The first kappa shape index (κ1) is 39.1. The molecule has 9 aromatic rings. The van der Waals surface area contributed by atoms with Crippen LogP contribution in [0.3, 0.4) is 0 Å². The molecule has 0 unspecified atom stereocenters. The Bertz CT molecular complexity index is 3320. The quantitative estimate of drug-likeness (QED) is 0.163. The van der Waals surface area contributed by atoms with Gasteiger partial charge in [0, 0.05) is 46.7 Å². The van der Waals surface area contributed by atoms with Crippen molar-refractivity contribution >= 4 is 44.3 Å². The van der Waals surface area contributed by atoms with Crippen molar-refractivity contribution < 1.29 is 0 Å². The number of hydrogen-bond donors (Lipinski definition) is 0. The van der Waals surface area contributed by atoms with E-state index in [1.165, 1.54) is 151 Å². The third-order valence-corrected chi connectivity index (χ3v) is 18.0. The molecule has 15 rings (SSSR count). The lowest BCUT2D eigenvalue weighted by Crippen LogP contribution is -2.24. The molecule has 0 saturated heterocycles. The van der Waals surface area contributed by atoms with Gasteiger partial charge in [-0.1, -0.05) is 147 Å². The summed E-state index contributed by atoms with van der Waals surface area (Å²) in [6, 6.07) is 67.2. The van der Waals surface area contributed by atoms with Gasteiger partial charge in [-0.25, -0.2) is 0 Å². The second kappa shape index (κ2) is 14.8. The van der Waals surface area contributed by atoms with Gasteiger partial charge in [-0.2, -0.15) is 0 Å². The molecule has 0 radical (unpaired) electrons. The highest BCUT2D eigenvalue weighted by Gasteiger charge is 2.46. The highest BCUT2D eigenvalue weighted by atomic mass is 15.1. The number of rotatable bonds is 4. The van der Waals surface area contributed by atoms with Crippen molar-refractivity contribution in [2.75, 3.05) is 22.9 Å². The first-order valence-electron chi connectivity index (χ1n) is 25.9. The van der Waals surface area contributed by atoms with Crippen molar-refractivity contribution in [2.45, 2.75) is 87.9 Å². The van der Waals surface area contributed by atoms with E-state index in [0.717, 1.165) is 38.8 Å². The first-order valence-corrected chi connectivity index (χ1v) is 25.9. The molecule has 2 heterocycles. The summed E-state index contributed by atoms with van der Waals surface area (Å²) in [5.74, 6) is 0. The molecule has 330 valence electrons. The minimum atomic E-state index is 0.0865.